The first-order chi connectivity index (χ1) is 12.0. The van der Waals surface area contributed by atoms with Gasteiger partial charge >= 0.3 is 0 Å². The molecule has 0 radical (unpaired) electrons. The molecule has 2 amide bonds. The molecule has 0 aliphatic carbocycles. The van der Waals surface area contributed by atoms with Gasteiger partial charge in [0.2, 0.25) is 5.91 Å². The summed E-state index contributed by atoms with van der Waals surface area (Å²) in [5.74, 6) is -0.652. The molecule has 2 N–H and O–H groups in total. The van der Waals surface area contributed by atoms with Crippen LogP contribution in [-0.2, 0) is 16.0 Å². The lowest BCUT2D eigenvalue weighted by Crippen LogP contribution is -2.41. The second-order valence-electron chi connectivity index (χ2n) is 5.06. The van der Waals surface area contributed by atoms with Crippen LogP contribution in [0, 0.1) is 5.82 Å². The Morgan fingerprint density at radius 1 is 1.16 bits per heavy atom. The second kappa shape index (κ2) is 8.98. The smallest absolute Gasteiger partial charge is 0.262 e. The normalized spacial score (nSPS) is 10.5. The van der Waals surface area contributed by atoms with E-state index in [1.165, 1.54) is 37.5 Å². The Bertz CT molecular complexity index is 791. The van der Waals surface area contributed by atoms with Crippen LogP contribution in [0.1, 0.15) is 11.1 Å². The van der Waals surface area contributed by atoms with Gasteiger partial charge in [-0.25, -0.2) is 4.39 Å². The van der Waals surface area contributed by atoms with Crippen LogP contribution >= 0.6 is 15.9 Å². The van der Waals surface area contributed by atoms with Crippen molar-refractivity contribution in [1.82, 2.24) is 10.9 Å². The molecule has 0 heterocycles. The summed E-state index contributed by atoms with van der Waals surface area (Å²) in [5, 5.41) is 0. The Balaban J connectivity index is 1.87. The van der Waals surface area contributed by atoms with Crippen LogP contribution in [0.4, 0.5) is 4.39 Å². The highest BCUT2D eigenvalue weighted by molar-refractivity contribution is 9.10. The van der Waals surface area contributed by atoms with Crippen molar-refractivity contribution in [2.45, 2.75) is 6.42 Å². The van der Waals surface area contributed by atoms with Gasteiger partial charge in [0.15, 0.2) is 0 Å². The number of halogens is 2. The first kappa shape index (κ1) is 18.7. The molecule has 0 aromatic heterocycles. The topological polar surface area (TPSA) is 67.4 Å². The molecular formula is C18H16BrFN2O3. The number of carbonyl (C=O) groups excluding carboxylic acids is 2. The van der Waals surface area contributed by atoms with Gasteiger partial charge in [-0.1, -0.05) is 28.1 Å². The van der Waals surface area contributed by atoms with Gasteiger partial charge in [0, 0.05) is 16.1 Å². The van der Waals surface area contributed by atoms with Gasteiger partial charge in [-0.3, -0.25) is 20.4 Å². The lowest BCUT2D eigenvalue weighted by molar-refractivity contribution is -0.126. The third-order valence-corrected chi connectivity index (χ3v) is 3.70. The number of nitrogens with one attached hydrogen (secondary N) is 2. The monoisotopic (exact) mass is 406 g/mol. The summed E-state index contributed by atoms with van der Waals surface area (Å²) >= 11 is 3.35. The average molecular weight is 407 g/mol. The van der Waals surface area contributed by atoms with E-state index in [1.54, 1.807) is 18.2 Å². The van der Waals surface area contributed by atoms with E-state index >= 15 is 0 Å². The fourth-order valence-corrected chi connectivity index (χ4v) is 2.38. The zero-order chi connectivity index (χ0) is 18.2. The van der Waals surface area contributed by atoms with Gasteiger partial charge in [-0.05, 0) is 42.0 Å². The summed E-state index contributed by atoms with van der Waals surface area (Å²) in [5.41, 5.74) is 5.94. The minimum atomic E-state index is -0.491. The lowest BCUT2D eigenvalue weighted by atomic mass is 10.1. The summed E-state index contributed by atoms with van der Waals surface area (Å²) in [6.07, 6.45) is 2.89. The second-order valence-corrected chi connectivity index (χ2v) is 5.98. The quantitative estimate of drug-likeness (QED) is 0.592. The molecule has 7 heteroatoms. The molecule has 0 fully saturated rings. The van der Waals surface area contributed by atoms with E-state index in [0.717, 1.165) is 4.47 Å². The standard InChI is InChI=1S/C18H16BrFN2O3/c1-25-16-8-5-14(19)11-13(16)4-9-17(23)21-22-18(24)10-12-2-6-15(20)7-3-12/h2-9,11H,10H2,1H3,(H,21,23)(H,22,24)/b9-4+. The summed E-state index contributed by atoms with van der Waals surface area (Å²) in [6, 6.07) is 11.0. The Labute approximate surface area is 153 Å². The van der Waals surface area contributed by atoms with Crippen LogP contribution in [0.3, 0.4) is 0 Å². The predicted molar refractivity (Wildman–Crippen MR) is 96.1 cm³/mol. The molecule has 0 spiro atoms. The fraction of sp³-hybridized carbons (Fsp3) is 0.111. The molecule has 5 nitrogen and oxygen atoms in total. The SMILES string of the molecule is COc1ccc(Br)cc1/C=C/C(=O)NNC(=O)Cc1ccc(F)cc1. The highest BCUT2D eigenvalue weighted by atomic mass is 79.9. The molecule has 2 aromatic rings. The van der Waals surface area contributed by atoms with E-state index in [4.69, 9.17) is 4.74 Å². The molecule has 0 atom stereocenters. The largest absolute Gasteiger partial charge is 0.496 e. The third-order valence-electron chi connectivity index (χ3n) is 3.21. The molecular weight excluding hydrogens is 391 g/mol. The molecule has 25 heavy (non-hydrogen) atoms. The van der Waals surface area contributed by atoms with Crippen molar-refractivity contribution >= 4 is 33.8 Å². The number of rotatable bonds is 5. The number of benzene rings is 2. The van der Waals surface area contributed by atoms with Crippen LogP contribution in [0.25, 0.3) is 6.08 Å². The number of hydrogen-bond acceptors (Lipinski definition) is 3. The molecule has 0 saturated carbocycles. The summed E-state index contributed by atoms with van der Waals surface area (Å²) in [6.45, 7) is 0. The van der Waals surface area contributed by atoms with Crippen molar-refractivity contribution < 1.29 is 18.7 Å². The molecule has 0 saturated heterocycles. The number of amides is 2. The van der Waals surface area contributed by atoms with Crippen LogP contribution in [-0.4, -0.2) is 18.9 Å². The fourth-order valence-electron chi connectivity index (χ4n) is 2.01. The molecule has 2 aromatic carbocycles. The molecule has 0 aliphatic heterocycles. The molecule has 130 valence electrons. The van der Waals surface area contributed by atoms with E-state index in [2.05, 4.69) is 26.8 Å². The lowest BCUT2D eigenvalue weighted by Gasteiger charge is -2.06. The van der Waals surface area contributed by atoms with E-state index in [-0.39, 0.29) is 12.2 Å². The molecule has 0 unspecified atom stereocenters. The number of ether oxygens (including phenoxy) is 1. The Kier molecular flexibility index (Phi) is 6.71. The van der Waals surface area contributed by atoms with Crippen molar-refractivity contribution in [3.8, 4) is 5.75 Å². The predicted octanol–water partition coefficient (Wildman–Crippen LogP) is 3.00. The van der Waals surface area contributed by atoms with Crippen LogP contribution in [0.5, 0.6) is 5.75 Å². The Morgan fingerprint density at radius 3 is 2.56 bits per heavy atom. The van der Waals surface area contributed by atoms with Crippen molar-refractivity contribution in [3.05, 3.63) is 70.0 Å². The Hall–Kier alpha value is -2.67. The van der Waals surface area contributed by atoms with E-state index < -0.39 is 11.8 Å². The van der Waals surface area contributed by atoms with Gasteiger partial charge in [0.25, 0.3) is 5.91 Å². The van der Waals surface area contributed by atoms with Crippen LogP contribution < -0.4 is 15.6 Å². The van der Waals surface area contributed by atoms with E-state index in [9.17, 15) is 14.0 Å². The first-order valence-corrected chi connectivity index (χ1v) is 8.12. The van der Waals surface area contributed by atoms with Gasteiger partial charge < -0.3 is 4.74 Å². The van der Waals surface area contributed by atoms with Crippen LogP contribution in [0.15, 0.2) is 53.0 Å². The highest BCUT2D eigenvalue weighted by Gasteiger charge is 2.05. The highest BCUT2D eigenvalue weighted by Crippen LogP contribution is 2.23. The first-order valence-electron chi connectivity index (χ1n) is 7.33. The molecule has 0 bridgehead atoms. The summed E-state index contributed by atoms with van der Waals surface area (Å²) in [4.78, 5) is 23.5. The van der Waals surface area contributed by atoms with Crippen molar-refractivity contribution in [3.63, 3.8) is 0 Å². The average Bonchev–Trinajstić information content (AvgIpc) is 2.60. The molecule has 0 aliphatic rings. The minimum Gasteiger partial charge on any atom is -0.496 e. The zero-order valence-electron chi connectivity index (χ0n) is 13.4. The van der Waals surface area contributed by atoms with Gasteiger partial charge in [0.1, 0.15) is 11.6 Å². The summed E-state index contributed by atoms with van der Waals surface area (Å²) < 4.78 is 18.9. The van der Waals surface area contributed by atoms with E-state index in [0.29, 0.717) is 16.9 Å². The Morgan fingerprint density at radius 2 is 1.88 bits per heavy atom. The number of methoxy groups -OCH3 is 1. The zero-order valence-corrected chi connectivity index (χ0v) is 15.0. The molecule has 2 rings (SSSR count). The number of hydrazine groups is 1. The van der Waals surface area contributed by atoms with Crippen molar-refractivity contribution in [2.75, 3.05) is 7.11 Å². The van der Waals surface area contributed by atoms with Crippen LogP contribution in [0.2, 0.25) is 0 Å². The van der Waals surface area contributed by atoms with Gasteiger partial charge in [0.05, 0.1) is 13.5 Å². The summed E-state index contributed by atoms with van der Waals surface area (Å²) in [7, 11) is 1.54. The maximum atomic E-state index is 12.8. The third kappa shape index (κ3) is 6.04. The van der Waals surface area contributed by atoms with E-state index in [1.807, 2.05) is 6.07 Å². The van der Waals surface area contributed by atoms with Crippen molar-refractivity contribution in [2.24, 2.45) is 0 Å². The minimum absolute atomic E-state index is 0.0315. The van der Waals surface area contributed by atoms with Gasteiger partial charge in [-0.15, -0.1) is 0 Å². The maximum absolute atomic E-state index is 12.8. The van der Waals surface area contributed by atoms with Gasteiger partial charge in [-0.2, -0.15) is 0 Å². The maximum Gasteiger partial charge on any atom is 0.262 e. The number of carbonyl (C=O) groups is 2. The number of hydrogen-bond donors (Lipinski definition) is 2. The van der Waals surface area contributed by atoms with Crippen molar-refractivity contribution in [1.29, 1.82) is 0 Å².